The predicted molar refractivity (Wildman–Crippen MR) is 74.4 cm³/mol. The Hall–Kier alpha value is -1.49. The average Bonchev–Trinajstić information content (AvgIpc) is 2.34. The number of carbonyl (C=O) groups is 1. The summed E-state index contributed by atoms with van der Waals surface area (Å²) in [5.41, 5.74) is 0.589. The number of thioether (sulfide) groups is 1. The van der Waals surface area contributed by atoms with Gasteiger partial charge in [0, 0.05) is 4.90 Å². The lowest BCUT2D eigenvalue weighted by molar-refractivity contribution is -0.466. The van der Waals surface area contributed by atoms with Crippen molar-refractivity contribution in [3.63, 3.8) is 0 Å². The van der Waals surface area contributed by atoms with E-state index in [2.05, 4.69) is 0 Å². The Bertz CT molecular complexity index is 466. The minimum Gasteiger partial charge on any atom is -0.465 e. The second kappa shape index (κ2) is 6.44. The van der Waals surface area contributed by atoms with E-state index in [1.807, 2.05) is 55.9 Å². The Labute approximate surface area is 112 Å². The topological polar surface area (TPSA) is 32.5 Å². The van der Waals surface area contributed by atoms with Crippen LogP contribution in [0.5, 0.6) is 0 Å². The number of nitrogens with zero attached hydrogens (tertiary/aromatic N) is 2. The van der Waals surface area contributed by atoms with Crippen molar-refractivity contribution >= 4 is 22.9 Å². The van der Waals surface area contributed by atoms with Crippen LogP contribution in [-0.4, -0.2) is 55.9 Å². The largest absolute Gasteiger partial charge is 0.465 e. The van der Waals surface area contributed by atoms with Crippen molar-refractivity contribution in [1.29, 1.82) is 0 Å². The molecule has 1 aromatic rings. The predicted octanol–water partition coefficient (Wildman–Crippen LogP) is 1.76. The van der Waals surface area contributed by atoms with Crippen LogP contribution in [0.2, 0.25) is 0 Å². The van der Waals surface area contributed by atoms with Gasteiger partial charge in [0.1, 0.15) is 0 Å². The number of ether oxygens (including phenoxy) is 1. The van der Waals surface area contributed by atoms with Gasteiger partial charge < -0.3 is 4.74 Å². The monoisotopic (exact) mass is 267 g/mol. The maximum absolute atomic E-state index is 11.7. The summed E-state index contributed by atoms with van der Waals surface area (Å²) in [5, 5.41) is 1.05. The van der Waals surface area contributed by atoms with Gasteiger partial charge in [0.05, 0.1) is 40.9 Å². The van der Waals surface area contributed by atoms with Gasteiger partial charge in [0.2, 0.25) is 0 Å². The van der Waals surface area contributed by atoms with Crippen molar-refractivity contribution in [2.45, 2.75) is 4.90 Å². The summed E-state index contributed by atoms with van der Waals surface area (Å²) in [6.07, 6.45) is 0. The normalized spacial score (nSPS) is 9.83. The third kappa shape index (κ3) is 3.50. The van der Waals surface area contributed by atoms with E-state index in [4.69, 9.17) is 4.74 Å². The summed E-state index contributed by atoms with van der Waals surface area (Å²) in [4.78, 5) is 14.6. The molecule has 0 radical (unpaired) electrons. The molecule has 0 atom stereocenters. The zero-order chi connectivity index (χ0) is 13.7. The van der Waals surface area contributed by atoms with Crippen LogP contribution in [0.25, 0.3) is 0 Å². The molecular formula is C13H19N2O2S+. The van der Waals surface area contributed by atoms with Crippen LogP contribution in [0.1, 0.15) is 10.4 Å². The molecule has 0 heterocycles. The summed E-state index contributed by atoms with van der Waals surface area (Å²) < 4.78 is 6.80. The van der Waals surface area contributed by atoms with Gasteiger partial charge in [-0.05, 0) is 23.9 Å². The number of amidine groups is 1. The summed E-state index contributed by atoms with van der Waals surface area (Å²) in [6.45, 7) is 0. The van der Waals surface area contributed by atoms with Gasteiger partial charge in [-0.3, -0.25) is 9.48 Å². The molecule has 0 spiro atoms. The van der Waals surface area contributed by atoms with E-state index in [0.717, 1.165) is 10.1 Å². The Morgan fingerprint density at radius 3 is 2.39 bits per heavy atom. The minimum atomic E-state index is -0.310. The molecule has 0 unspecified atom stereocenters. The van der Waals surface area contributed by atoms with Crippen LogP contribution in [-0.2, 0) is 4.74 Å². The second-order valence-corrected chi connectivity index (χ2v) is 5.17. The Balaban J connectivity index is 3.12. The van der Waals surface area contributed by atoms with Crippen molar-refractivity contribution in [3.8, 4) is 0 Å². The van der Waals surface area contributed by atoms with E-state index < -0.39 is 0 Å². The lowest BCUT2D eigenvalue weighted by Gasteiger charge is -2.12. The Kier molecular flexibility index (Phi) is 5.22. The van der Waals surface area contributed by atoms with E-state index >= 15 is 0 Å². The fourth-order valence-corrected chi connectivity index (χ4v) is 2.48. The number of hydrogen-bond acceptors (Lipinski definition) is 3. The smallest absolute Gasteiger partial charge is 0.339 e. The summed E-state index contributed by atoms with van der Waals surface area (Å²) >= 11 is 1.54. The van der Waals surface area contributed by atoms with E-state index in [-0.39, 0.29) is 5.97 Å². The fraction of sp³-hybridized carbons (Fsp3) is 0.385. The molecule has 0 saturated heterocycles. The fourth-order valence-electron chi connectivity index (χ4n) is 1.52. The van der Waals surface area contributed by atoms with Crippen LogP contribution < -0.4 is 0 Å². The van der Waals surface area contributed by atoms with Crippen molar-refractivity contribution in [2.24, 2.45) is 0 Å². The number of methoxy groups -OCH3 is 1. The van der Waals surface area contributed by atoms with Crippen molar-refractivity contribution in [3.05, 3.63) is 29.8 Å². The first-order valence-electron chi connectivity index (χ1n) is 5.54. The van der Waals surface area contributed by atoms with Gasteiger partial charge in [0.25, 0.3) is 0 Å². The standard InChI is InChI=1S/C13H19N2O2S/c1-14(2)13(15(3)4)18-11-9-7-6-8-10(11)12(16)17-5/h6-9H,1-5H3/q+1. The summed E-state index contributed by atoms with van der Waals surface area (Å²) in [7, 11) is 9.30. The van der Waals surface area contributed by atoms with Gasteiger partial charge in [-0.2, -0.15) is 0 Å². The van der Waals surface area contributed by atoms with Gasteiger partial charge in [0.15, 0.2) is 0 Å². The first-order valence-corrected chi connectivity index (χ1v) is 6.35. The highest BCUT2D eigenvalue weighted by Crippen LogP contribution is 2.25. The van der Waals surface area contributed by atoms with E-state index in [0.29, 0.717) is 5.56 Å². The SMILES string of the molecule is COC(=O)c1ccccc1SC(N(C)C)=[N+](C)C. The Morgan fingerprint density at radius 1 is 1.28 bits per heavy atom. The molecule has 1 rings (SSSR count). The molecule has 18 heavy (non-hydrogen) atoms. The highest BCUT2D eigenvalue weighted by Gasteiger charge is 2.19. The first-order chi connectivity index (χ1) is 8.47. The molecule has 4 nitrogen and oxygen atoms in total. The molecule has 5 heteroatoms. The van der Waals surface area contributed by atoms with E-state index in [1.165, 1.54) is 7.11 Å². The molecule has 0 aliphatic heterocycles. The third-order valence-corrected chi connectivity index (χ3v) is 3.75. The zero-order valence-corrected chi connectivity index (χ0v) is 12.2. The van der Waals surface area contributed by atoms with Crippen LogP contribution in [0.3, 0.4) is 0 Å². The quantitative estimate of drug-likeness (QED) is 0.269. The van der Waals surface area contributed by atoms with Crippen molar-refractivity contribution in [1.82, 2.24) is 4.90 Å². The van der Waals surface area contributed by atoms with Gasteiger partial charge in [-0.1, -0.05) is 12.1 Å². The van der Waals surface area contributed by atoms with Gasteiger partial charge in [-0.15, -0.1) is 0 Å². The molecule has 0 aliphatic carbocycles. The first kappa shape index (κ1) is 14.6. The number of hydrogen-bond donors (Lipinski definition) is 0. The molecule has 0 bridgehead atoms. The molecular weight excluding hydrogens is 248 g/mol. The van der Waals surface area contributed by atoms with Crippen LogP contribution in [0.4, 0.5) is 0 Å². The molecule has 0 amide bonds. The van der Waals surface area contributed by atoms with Crippen LogP contribution in [0.15, 0.2) is 29.2 Å². The zero-order valence-electron chi connectivity index (χ0n) is 11.4. The molecule has 0 aliphatic rings. The van der Waals surface area contributed by atoms with E-state index in [9.17, 15) is 4.79 Å². The average molecular weight is 267 g/mol. The summed E-state index contributed by atoms with van der Waals surface area (Å²) in [5.74, 6) is -0.310. The molecule has 0 saturated carbocycles. The molecule has 1 aromatic carbocycles. The maximum Gasteiger partial charge on any atom is 0.339 e. The highest BCUT2D eigenvalue weighted by atomic mass is 32.2. The molecule has 0 fully saturated rings. The molecule has 0 N–H and O–H groups in total. The lowest BCUT2D eigenvalue weighted by atomic mass is 10.2. The molecule has 98 valence electrons. The second-order valence-electron chi connectivity index (χ2n) is 4.16. The summed E-state index contributed by atoms with van der Waals surface area (Å²) in [6, 6.07) is 7.44. The highest BCUT2D eigenvalue weighted by molar-refractivity contribution is 8.13. The van der Waals surface area contributed by atoms with E-state index in [1.54, 1.807) is 17.8 Å². The van der Waals surface area contributed by atoms with Gasteiger partial charge >= 0.3 is 11.1 Å². The Morgan fingerprint density at radius 2 is 1.89 bits per heavy atom. The van der Waals surface area contributed by atoms with Crippen molar-refractivity contribution in [2.75, 3.05) is 35.3 Å². The van der Waals surface area contributed by atoms with Crippen LogP contribution >= 0.6 is 11.8 Å². The minimum absolute atomic E-state index is 0.310. The number of benzene rings is 1. The van der Waals surface area contributed by atoms with Crippen LogP contribution in [0, 0.1) is 0 Å². The molecule has 0 aromatic heterocycles. The maximum atomic E-state index is 11.7. The lowest BCUT2D eigenvalue weighted by Crippen LogP contribution is -2.26. The number of rotatable bonds is 2. The van der Waals surface area contributed by atoms with Gasteiger partial charge in [-0.25, -0.2) is 4.79 Å². The number of esters is 1. The van der Waals surface area contributed by atoms with Crippen molar-refractivity contribution < 1.29 is 14.1 Å². The number of carbonyl (C=O) groups excluding carboxylic acids is 1. The third-order valence-electron chi connectivity index (χ3n) is 2.26.